The molecule has 3 atom stereocenters. The highest BCUT2D eigenvalue weighted by Gasteiger charge is 2.63. The van der Waals surface area contributed by atoms with Gasteiger partial charge < -0.3 is 4.23 Å². The van der Waals surface area contributed by atoms with Crippen LogP contribution in [-0.2, 0) is 10.8 Å². The van der Waals surface area contributed by atoms with Crippen LogP contribution in [0.3, 0.4) is 0 Å². The van der Waals surface area contributed by atoms with E-state index in [-0.39, 0.29) is 0 Å². The minimum absolute atomic E-state index is 0.449. The molecule has 2 aromatic carbocycles. The molecule has 0 N–H and O–H groups in total. The molecule has 0 aromatic heterocycles. The van der Waals surface area contributed by atoms with Crippen molar-refractivity contribution in [3.05, 3.63) is 79.9 Å². The first-order valence-electron chi connectivity index (χ1n) is 11.5. The number of nitrogens with zero attached hydrogens (tertiary/aromatic N) is 3. The largest absolute Gasteiger partial charge is 0.426 e. The van der Waals surface area contributed by atoms with E-state index in [1.54, 1.807) is 0 Å². The Morgan fingerprint density at radius 1 is 0.765 bits per heavy atom. The molecule has 2 aromatic rings. The van der Waals surface area contributed by atoms with Gasteiger partial charge in [0.2, 0.25) is 0 Å². The van der Waals surface area contributed by atoms with Crippen molar-refractivity contribution in [3.8, 4) is 12.1 Å². The lowest BCUT2D eigenvalue weighted by molar-refractivity contribution is 0.282. The molecule has 0 radical (unpaired) electrons. The topological polar surface area (TPSA) is 50.8 Å². The first kappa shape index (κ1) is 26.9. The molecule has 0 heterocycles. The van der Waals surface area contributed by atoms with Crippen LogP contribution in [0.1, 0.15) is 25.0 Å². The minimum atomic E-state index is -1.93. The number of halogens is 2. The summed E-state index contributed by atoms with van der Waals surface area (Å²) in [6.45, 7) is 18.3. The van der Waals surface area contributed by atoms with Crippen molar-refractivity contribution in [2.45, 2.75) is 64.0 Å². The summed E-state index contributed by atoms with van der Waals surface area (Å²) in [5, 5.41) is 21.6. The minimum Gasteiger partial charge on any atom is -0.426 e. The zero-order valence-corrected chi connectivity index (χ0v) is 26.5. The Morgan fingerprint density at radius 3 is 1.53 bits per heavy atom. The van der Waals surface area contributed by atoms with E-state index >= 15 is 0 Å². The summed E-state index contributed by atoms with van der Waals surface area (Å²) in [4.78, 5) is 0. The van der Waals surface area contributed by atoms with Crippen LogP contribution >= 0.6 is 31.9 Å². The molecule has 178 valence electrons. The SMILES string of the molecule is C[C@@]1(c2ccc(Br)cc2)C(C#N)=C(N([Si](C)(C)C)[Si](C)(C)C)C(C#N)[C@@]1(C)c1ccc(Br)cc1. The maximum atomic E-state index is 10.8. The molecule has 7 heteroatoms. The summed E-state index contributed by atoms with van der Waals surface area (Å²) < 4.78 is 4.57. The summed E-state index contributed by atoms with van der Waals surface area (Å²) in [6, 6.07) is 21.9. The van der Waals surface area contributed by atoms with Gasteiger partial charge in [-0.05, 0) is 42.3 Å². The molecule has 0 amide bonds. The van der Waals surface area contributed by atoms with Crippen LogP contribution in [0.4, 0.5) is 0 Å². The second-order valence-corrected chi connectivity index (χ2v) is 23.3. The Kier molecular flexibility index (Phi) is 7.21. The van der Waals surface area contributed by atoms with Crippen LogP contribution in [0.2, 0.25) is 39.3 Å². The van der Waals surface area contributed by atoms with Crippen molar-refractivity contribution in [1.82, 2.24) is 4.23 Å². The molecule has 0 saturated heterocycles. The number of benzene rings is 2. The molecule has 34 heavy (non-hydrogen) atoms. The summed E-state index contributed by atoms with van der Waals surface area (Å²) in [5.41, 5.74) is 2.51. The number of rotatable bonds is 5. The van der Waals surface area contributed by atoms with E-state index in [2.05, 4.69) is 126 Å². The zero-order chi connectivity index (χ0) is 25.7. The van der Waals surface area contributed by atoms with Crippen LogP contribution < -0.4 is 0 Å². The average Bonchev–Trinajstić information content (AvgIpc) is 2.91. The van der Waals surface area contributed by atoms with E-state index in [0.717, 1.165) is 31.3 Å². The molecular formula is C27H33Br2N3Si2. The highest BCUT2D eigenvalue weighted by Crippen LogP contribution is 2.62. The zero-order valence-electron chi connectivity index (χ0n) is 21.3. The summed E-state index contributed by atoms with van der Waals surface area (Å²) in [5.74, 6) is -0.449. The predicted octanol–water partition coefficient (Wildman–Crippen LogP) is 8.33. The van der Waals surface area contributed by atoms with Crippen LogP contribution in [0.5, 0.6) is 0 Å². The molecule has 1 aliphatic carbocycles. The van der Waals surface area contributed by atoms with Crippen LogP contribution in [0, 0.1) is 28.6 Å². The molecule has 0 spiro atoms. The fraction of sp³-hybridized carbons (Fsp3) is 0.407. The lowest BCUT2D eigenvalue weighted by Crippen LogP contribution is -2.59. The smallest absolute Gasteiger partial charge is 0.138 e. The monoisotopic (exact) mass is 613 g/mol. The average molecular weight is 616 g/mol. The van der Waals surface area contributed by atoms with E-state index in [1.807, 2.05) is 24.3 Å². The highest BCUT2D eigenvalue weighted by molar-refractivity contribution is 9.10. The van der Waals surface area contributed by atoms with Crippen LogP contribution in [0.25, 0.3) is 0 Å². The van der Waals surface area contributed by atoms with Crippen molar-refractivity contribution in [2.24, 2.45) is 5.92 Å². The Bertz CT molecular complexity index is 1180. The van der Waals surface area contributed by atoms with Crippen molar-refractivity contribution < 1.29 is 0 Å². The predicted molar refractivity (Wildman–Crippen MR) is 153 cm³/mol. The summed E-state index contributed by atoms with van der Waals surface area (Å²) in [7, 11) is -3.86. The molecule has 1 unspecified atom stereocenters. The Hall–Kier alpha value is -1.65. The van der Waals surface area contributed by atoms with Crippen molar-refractivity contribution in [3.63, 3.8) is 0 Å². The Labute approximate surface area is 223 Å². The maximum absolute atomic E-state index is 10.8. The summed E-state index contributed by atoms with van der Waals surface area (Å²) in [6.07, 6.45) is 0. The molecule has 0 aliphatic heterocycles. The van der Waals surface area contributed by atoms with Crippen LogP contribution in [-0.4, -0.2) is 20.7 Å². The Balaban J connectivity index is 2.51. The van der Waals surface area contributed by atoms with Crippen LogP contribution in [0.15, 0.2) is 68.7 Å². The van der Waals surface area contributed by atoms with Gasteiger partial charge in [-0.15, -0.1) is 0 Å². The van der Waals surface area contributed by atoms with E-state index in [0.29, 0.717) is 0 Å². The second kappa shape index (κ2) is 9.10. The molecule has 0 bridgehead atoms. The lowest BCUT2D eigenvalue weighted by atomic mass is 9.56. The van der Waals surface area contributed by atoms with Gasteiger partial charge in [0.05, 0.1) is 23.6 Å². The summed E-state index contributed by atoms with van der Waals surface area (Å²) >= 11 is 7.13. The van der Waals surface area contributed by atoms with Gasteiger partial charge in [0.1, 0.15) is 16.5 Å². The van der Waals surface area contributed by atoms with Crippen molar-refractivity contribution in [2.75, 3.05) is 0 Å². The van der Waals surface area contributed by atoms with Gasteiger partial charge in [-0.25, -0.2) is 0 Å². The van der Waals surface area contributed by atoms with Gasteiger partial charge in [-0.3, -0.25) is 0 Å². The number of allylic oxidation sites excluding steroid dienone is 2. The second-order valence-electron chi connectivity index (χ2n) is 11.5. The Morgan fingerprint density at radius 2 is 1.18 bits per heavy atom. The fourth-order valence-corrected chi connectivity index (χ4v) is 16.5. The van der Waals surface area contributed by atoms with Gasteiger partial charge in [-0.2, -0.15) is 10.5 Å². The van der Waals surface area contributed by atoms with Gasteiger partial charge in [0.25, 0.3) is 0 Å². The third kappa shape index (κ3) is 4.15. The van der Waals surface area contributed by atoms with E-state index in [9.17, 15) is 10.5 Å². The van der Waals surface area contributed by atoms with Gasteiger partial charge >= 0.3 is 0 Å². The highest BCUT2D eigenvalue weighted by atomic mass is 79.9. The van der Waals surface area contributed by atoms with Crippen molar-refractivity contribution in [1.29, 1.82) is 10.5 Å². The third-order valence-corrected chi connectivity index (χ3v) is 15.6. The van der Waals surface area contributed by atoms with E-state index < -0.39 is 33.2 Å². The third-order valence-electron chi connectivity index (χ3n) is 7.33. The molecule has 3 nitrogen and oxygen atoms in total. The lowest BCUT2D eigenvalue weighted by Gasteiger charge is -2.49. The normalized spacial score (nSPS) is 25.1. The quantitative estimate of drug-likeness (QED) is 0.318. The standard InChI is InChI=1S/C27H33Br2N3Si2/c1-26(19-9-13-21(28)14-10-19)23(17-30)25(32(33(3,4)5)34(6,7)8)24(18-31)27(26,2)20-11-15-22(29)16-12-20/h9-16,23H,1-8H3/t23?,26-,27-/m1/s1. The van der Waals surface area contributed by atoms with E-state index in [1.165, 1.54) is 0 Å². The number of hydrogen-bond acceptors (Lipinski definition) is 3. The molecule has 0 fully saturated rings. The maximum Gasteiger partial charge on any atom is 0.138 e. The molecular weight excluding hydrogens is 582 g/mol. The molecule has 1 aliphatic rings. The first-order chi connectivity index (χ1) is 15.6. The molecule has 0 saturated carbocycles. The van der Waals surface area contributed by atoms with Crippen molar-refractivity contribution >= 4 is 48.3 Å². The number of hydrogen-bond donors (Lipinski definition) is 0. The number of nitriles is 2. The van der Waals surface area contributed by atoms with Gasteiger partial charge in [-0.1, -0.05) is 102 Å². The van der Waals surface area contributed by atoms with E-state index in [4.69, 9.17) is 0 Å². The van der Waals surface area contributed by atoms with Gasteiger partial charge in [0, 0.05) is 25.5 Å². The first-order valence-corrected chi connectivity index (χ1v) is 20.0. The fourth-order valence-electron chi connectivity index (χ4n) is 6.03. The molecule has 3 rings (SSSR count). The van der Waals surface area contributed by atoms with Gasteiger partial charge in [0.15, 0.2) is 0 Å².